The van der Waals surface area contributed by atoms with Crippen molar-refractivity contribution in [2.45, 2.75) is 19.3 Å². The Labute approximate surface area is 345 Å². The fourth-order valence-electron chi connectivity index (χ4n) is 10.4. The molecular weight excluding hydrogens is 731 g/mol. The fourth-order valence-corrected chi connectivity index (χ4v) is 15.4. The monoisotopic (exact) mass is 769 g/mol. The molecule has 59 heavy (non-hydrogen) atoms. The van der Waals surface area contributed by atoms with Crippen LogP contribution in [0.1, 0.15) is 25.0 Å². The molecule has 12 rings (SSSR count). The van der Waals surface area contributed by atoms with Gasteiger partial charge in [0.05, 0.1) is 22.0 Å². The Balaban J connectivity index is 1.08. The summed E-state index contributed by atoms with van der Waals surface area (Å²) in [6.45, 7) is 4.72. The summed E-state index contributed by atoms with van der Waals surface area (Å²) >= 11 is 0. The number of benzene rings is 8. The summed E-state index contributed by atoms with van der Waals surface area (Å²) in [6, 6.07) is 73.3. The van der Waals surface area contributed by atoms with E-state index in [1.165, 1.54) is 65.2 Å². The van der Waals surface area contributed by atoms with Crippen LogP contribution in [0, 0.1) is 0 Å². The van der Waals surface area contributed by atoms with Crippen molar-refractivity contribution in [3.8, 4) is 50.6 Å². The zero-order chi connectivity index (χ0) is 39.3. The van der Waals surface area contributed by atoms with Crippen LogP contribution < -0.4 is 20.9 Å². The van der Waals surface area contributed by atoms with E-state index in [1.807, 2.05) is 0 Å². The lowest BCUT2D eigenvalue weighted by molar-refractivity contribution is 0.661. The van der Waals surface area contributed by atoms with E-state index in [2.05, 4.69) is 219 Å². The van der Waals surface area contributed by atoms with Crippen molar-refractivity contribution in [3.63, 3.8) is 0 Å². The summed E-state index contributed by atoms with van der Waals surface area (Å²) in [5.74, 6) is 0.741. The Kier molecular flexibility index (Phi) is 7.29. The molecule has 4 heteroatoms. The zero-order valence-corrected chi connectivity index (χ0v) is 33.9. The Hall–Kier alpha value is -7.14. The van der Waals surface area contributed by atoms with Crippen molar-refractivity contribution in [3.05, 3.63) is 211 Å². The van der Waals surface area contributed by atoms with Gasteiger partial charge in [0.25, 0.3) is 0 Å². The number of nitrogens with zero attached hydrogens (tertiary/aromatic N) is 3. The number of rotatable bonds is 5. The molecule has 10 aromatic rings. The van der Waals surface area contributed by atoms with Gasteiger partial charge >= 0.3 is 0 Å². The van der Waals surface area contributed by atoms with Gasteiger partial charge in [-0.05, 0) is 85.8 Å². The van der Waals surface area contributed by atoms with E-state index in [-0.39, 0.29) is 5.41 Å². The number of hydrogen-bond donors (Lipinski definition) is 0. The molecule has 3 heterocycles. The van der Waals surface area contributed by atoms with E-state index < -0.39 is 8.07 Å². The first kappa shape index (κ1) is 33.9. The van der Waals surface area contributed by atoms with Crippen molar-refractivity contribution in [1.82, 2.24) is 14.5 Å². The molecule has 0 atom stereocenters. The van der Waals surface area contributed by atoms with Crippen LogP contribution in [-0.2, 0) is 5.41 Å². The van der Waals surface area contributed by atoms with Gasteiger partial charge in [-0.1, -0.05) is 172 Å². The first-order valence-corrected chi connectivity index (χ1v) is 22.5. The van der Waals surface area contributed by atoms with Crippen LogP contribution in [0.3, 0.4) is 0 Å². The van der Waals surface area contributed by atoms with E-state index in [4.69, 9.17) is 9.97 Å². The maximum Gasteiger partial charge on any atom is 0.203 e. The normalized spacial score (nSPS) is 14.2. The molecule has 0 saturated carbocycles. The number of fused-ring (bicyclic) bond motifs is 9. The molecule has 1 aliphatic carbocycles. The third-order valence-electron chi connectivity index (χ3n) is 13.1. The quantitative estimate of drug-likeness (QED) is 0.163. The molecule has 2 aliphatic rings. The largest absolute Gasteiger partial charge is 0.309 e. The van der Waals surface area contributed by atoms with Gasteiger partial charge < -0.3 is 4.57 Å². The van der Waals surface area contributed by atoms with Gasteiger partial charge in [-0.3, -0.25) is 0 Å². The van der Waals surface area contributed by atoms with Crippen LogP contribution in [-0.4, -0.2) is 22.6 Å². The highest BCUT2D eigenvalue weighted by Crippen LogP contribution is 2.51. The zero-order valence-electron chi connectivity index (χ0n) is 32.9. The molecule has 0 unspecified atom stereocenters. The number of aromatic nitrogens is 3. The van der Waals surface area contributed by atoms with Gasteiger partial charge in [-0.25, -0.2) is 9.97 Å². The van der Waals surface area contributed by atoms with Gasteiger partial charge in [0.15, 0.2) is 5.82 Å². The highest BCUT2D eigenvalue weighted by atomic mass is 28.3. The second-order valence-corrected chi connectivity index (χ2v) is 20.2. The average molecular weight is 770 g/mol. The van der Waals surface area contributed by atoms with Crippen LogP contribution in [0.25, 0.3) is 72.4 Å². The van der Waals surface area contributed by atoms with Gasteiger partial charge in [0, 0.05) is 38.6 Å². The Morgan fingerprint density at radius 1 is 0.458 bits per heavy atom. The Morgan fingerprint density at radius 3 is 1.80 bits per heavy atom. The molecular formula is C55H39N3Si. The van der Waals surface area contributed by atoms with Crippen LogP contribution in [0.4, 0.5) is 0 Å². The topological polar surface area (TPSA) is 30.7 Å². The third kappa shape index (κ3) is 4.75. The molecule has 1 aliphatic heterocycles. The summed E-state index contributed by atoms with van der Waals surface area (Å²) in [5, 5.41) is 7.67. The maximum absolute atomic E-state index is 5.74. The molecule has 0 radical (unpaired) electrons. The molecule has 0 spiro atoms. The third-order valence-corrected chi connectivity index (χ3v) is 17.8. The predicted molar refractivity (Wildman–Crippen MR) is 247 cm³/mol. The number of hydrogen-bond acceptors (Lipinski definition) is 2. The molecule has 0 amide bonds. The summed E-state index contributed by atoms with van der Waals surface area (Å²) in [4.78, 5) is 11.3. The van der Waals surface area contributed by atoms with Crippen molar-refractivity contribution in [2.75, 3.05) is 0 Å². The first-order valence-electron chi connectivity index (χ1n) is 20.5. The van der Waals surface area contributed by atoms with E-state index in [9.17, 15) is 0 Å². The summed E-state index contributed by atoms with van der Waals surface area (Å²) < 4.78 is 2.44. The van der Waals surface area contributed by atoms with Gasteiger partial charge in [0.2, 0.25) is 8.07 Å². The lowest BCUT2D eigenvalue weighted by Gasteiger charge is -2.30. The lowest BCUT2D eigenvalue weighted by atomic mass is 9.82. The molecule has 0 saturated heterocycles. The van der Waals surface area contributed by atoms with E-state index >= 15 is 0 Å². The van der Waals surface area contributed by atoms with E-state index in [0.717, 1.165) is 39.2 Å². The SMILES string of the molecule is CC1(C)c2ccccc2-c2cc3c4ccccc4n(-c4ccc(-c5nc(-c6ccccc6)c6c(n5)[Si](c5ccccc5)(c5ccccc5)c5ccccc5-6)cc4)c3cc21. The van der Waals surface area contributed by atoms with Crippen LogP contribution in [0.2, 0.25) is 0 Å². The minimum atomic E-state index is -2.87. The molecule has 0 bridgehead atoms. The van der Waals surface area contributed by atoms with E-state index in [0.29, 0.717) is 0 Å². The Bertz CT molecular complexity index is 3240. The molecule has 278 valence electrons. The van der Waals surface area contributed by atoms with Crippen molar-refractivity contribution in [1.29, 1.82) is 0 Å². The van der Waals surface area contributed by atoms with Gasteiger partial charge in [-0.2, -0.15) is 0 Å². The minimum absolute atomic E-state index is 0.0929. The minimum Gasteiger partial charge on any atom is -0.309 e. The molecule has 0 fully saturated rings. The number of para-hydroxylation sites is 1. The summed E-state index contributed by atoms with van der Waals surface area (Å²) in [5.41, 5.74) is 14.3. The van der Waals surface area contributed by atoms with Crippen molar-refractivity contribution in [2.24, 2.45) is 0 Å². The van der Waals surface area contributed by atoms with Crippen LogP contribution in [0.15, 0.2) is 200 Å². The van der Waals surface area contributed by atoms with Crippen molar-refractivity contribution < 1.29 is 0 Å². The molecule has 0 N–H and O–H groups in total. The highest BCUT2D eigenvalue weighted by molar-refractivity contribution is 7.21. The van der Waals surface area contributed by atoms with Crippen LogP contribution >= 0.6 is 0 Å². The second kappa shape index (κ2) is 12.7. The lowest BCUT2D eigenvalue weighted by Crippen LogP contribution is -2.73. The highest BCUT2D eigenvalue weighted by Gasteiger charge is 2.51. The Morgan fingerprint density at radius 2 is 1.07 bits per heavy atom. The predicted octanol–water partition coefficient (Wildman–Crippen LogP) is 10.6. The molecule has 8 aromatic carbocycles. The smallest absolute Gasteiger partial charge is 0.203 e. The van der Waals surface area contributed by atoms with Crippen molar-refractivity contribution >= 4 is 50.8 Å². The van der Waals surface area contributed by atoms with Gasteiger partial charge in [-0.15, -0.1) is 0 Å². The van der Waals surface area contributed by atoms with Gasteiger partial charge in [0.1, 0.15) is 0 Å². The second-order valence-electron chi connectivity index (χ2n) is 16.5. The summed E-state index contributed by atoms with van der Waals surface area (Å²) in [6.07, 6.45) is 0. The van der Waals surface area contributed by atoms with Crippen LogP contribution in [0.5, 0.6) is 0 Å². The van der Waals surface area contributed by atoms with E-state index in [1.54, 1.807) is 0 Å². The fraction of sp³-hybridized carbons (Fsp3) is 0.0545. The molecule has 2 aromatic heterocycles. The average Bonchev–Trinajstić information content (AvgIpc) is 3.87. The first-order chi connectivity index (χ1) is 29.0. The standard InChI is InChI=1S/C55H39N3Si/c1-55(2)46-27-15-12-24-41(46)44-34-45-42-25-13-16-28-48(42)58(49(45)35-47(44)55)38-32-30-37(31-33-38)53-56-52(36-18-6-3-7-19-36)51-43-26-14-17-29-50(43)59(54(51)57-53,39-20-8-4-9-21-39)40-22-10-5-11-23-40/h3-35H,1-2H3. The molecule has 3 nitrogen and oxygen atoms in total. The summed E-state index contributed by atoms with van der Waals surface area (Å²) in [7, 11) is -2.87. The maximum atomic E-state index is 5.74.